The maximum atomic E-state index is 12.7. The van der Waals surface area contributed by atoms with Gasteiger partial charge in [0, 0.05) is 6.54 Å². The summed E-state index contributed by atoms with van der Waals surface area (Å²) in [5, 5.41) is 3.14. The Hall–Kier alpha value is -1.89. The highest BCUT2D eigenvalue weighted by Crippen LogP contribution is 2.12. The van der Waals surface area contributed by atoms with E-state index in [0.29, 0.717) is 17.4 Å². The fourth-order valence-corrected chi connectivity index (χ4v) is 1.39. The number of carbonyl (C=O) groups excluding carboxylic acids is 1. The third-order valence-electron chi connectivity index (χ3n) is 2.13. The molecule has 0 aliphatic heterocycles. The Bertz CT molecular complexity index is 439. The van der Waals surface area contributed by atoms with Crippen molar-refractivity contribution in [1.82, 2.24) is 16.2 Å². The molecular formula is C12H16FN3O2S. The lowest BCUT2D eigenvalue weighted by atomic mass is 10.3. The van der Waals surface area contributed by atoms with E-state index in [2.05, 4.69) is 16.2 Å². The Morgan fingerprint density at radius 1 is 1.37 bits per heavy atom. The van der Waals surface area contributed by atoms with E-state index in [1.54, 1.807) is 6.92 Å². The van der Waals surface area contributed by atoms with Gasteiger partial charge in [-0.25, -0.2) is 4.39 Å². The summed E-state index contributed by atoms with van der Waals surface area (Å²) < 4.78 is 18.0. The van der Waals surface area contributed by atoms with Crippen LogP contribution in [0.1, 0.15) is 13.8 Å². The molecule has 1 amide bonds. The van der Waals surface area contributed by atoms with Gasteiger partial charge in [-0.15, -0.1) is 0 Å². The van der Waals surface area contributed by atoms with Gasteiger partial charge in [0.25, 0.3) is 5.91 Å². The minimum atomic E-state index is -0.734. The maximum Gasteiger partial charge on any atom is 0.279 e. The molecule has 104 valence electrons. The summed E-state index contributed by atoms with van der Waals surface area (Å²) in [5.41, 5.74) is 4.95. The van der Waals surface area contributed by atoms with E-state index in [1.807, 2.05) is 6.92 Å². The van der Waals surface area contributed by atoms with Gasteiger partial charge in [0.2, 0.25) is 0 Å². The van der Waals surface area contributed by atoms with E-state index in [4.69, 9.17) is 17.0 Å². The predicted octanol–water partition coefficient (Wildman–Crippen LogP) is 1.11. The minimum Gasteiger partial charge on any atom is -0.481 e. The van der Waals surface area contributed by atoms with Crippen LogP contribution in [0.5, 0.6) is 5.75 Å². The molecule has 0 radical (unpaired) electrons. The first-order chi connectivity index (χ1) is 9.02. The molecule has 19 heavy (non-hydrogen) atoms. The topological polar surface area (TPSA) is 62.4 Å². The van der Waals surface area contributed by atoms with E-state index in [0.717, 1.165) is 0 Å². The van der Waals surface area contributed by atoms with Gasteiger partial charge >= 0.3 is 0 Å². The lowest BCUT2D eigenvalue weighted by Crippen LogP contribution is -2.50. The smallest absolute Gasteiger partial charge is 0.279 e. The van der Waals surface area contributed by atoms with Gasteiger partial charge in [-0.1, -0.05) is 0 Å². The fourth-order valence-electron chi connectivity index (χ4n) is 1.20. The van der Waals surface area contributed by atoms with Crippen LogP contribution in [0.3, 0.4) is 0 Å². The molecule has 0 bridgehead atoms. The van der Waals surface area contributed by atoms with Crippen LogP contribution < -0.4 is 20.9 Å². The number of ether oxygens (including phenoxy) is 1. The van der Waals surface area contributed by atoms with Gasteiger partial charge in [0.1, 0.15) is 11.6 Å². The number of hydrogen-bond donors (Lipinski definition) is 3. The van der Waals surface area contributed by atoms with Crippen molar-refractivity contribution in [3.63, 3.8) is 0 Å². The lowest BCUT2D eigenvalue weighted by Gasteiger charge is -2.16. The molecule has 1 atom stereocenters. The van der Waals surface area contributed by atoms with Gasteiger partial charge in [-0.3, -0.25) is 15.6 Å². The summed E-state index contributed by atoms with van der Waals surface area (Å²) in [5.74, 6) is -0.329. The van der Waals surface area contributed by atoms with Crippen LogP contribution in [0.15, 0.2) is 24.3 Å². The van der Waals surface area contributed by atoms with Crippen LogP contribution in [0.25, 0.3) is 0 Å². The van der Waals surface area contributed by atoms with Gasteiger partial charge in [-0.2, -0.15) is 0 Å². The normalized spacial score (nSPS) is 11.3. The van der Waals surface area contributed by atoms with Crippen molar-refractivity contribution in [2.75, 3.05) is 6.54 Å². The zero-order valence-electron chi connectivity index (χ0n) is 10.7. The zero-order chi connectivity index (χ0) is 14.3. The Balaban J connectivity index is 2.40. The van der Waals surface area contributed by atoms with Crippen LogP contribution in [-0.4, -0.2) is 23.7 Å². The van der Waals surface area contributed by atoms with Gasteiger partial charge in [-0.05, 0) is 50.3 Å². The highest BCUT2D eigenvalue weighted by Gasteiger charge is 2.14. The largest absolute Gasteiger partial charge is 0.481 e. The Labute approximate surface area is 116 Å². The van der Waals surface area contributed by atoms with Gasteiger partial charge < -0.3 is 10.1 Å². The molecule has 0 heterocycles. The summed E-state index contributed by atoms with van der Waals surface area (Å²) >= 11 is 4.88. The molecule has 0 aromatic heterocycles. The molecule has 0 fully saturated rings. The van der Waals surface area contributed by atoms with Gasteiger partial charge in [0.15, 0.2) is 11.2 Å². The molecule has 7 heteroatoms. The van der Waals surface area contributed by atoms with Crippen molar-refractivity contribution < 1.29 is 13.9 Å². The maximum absolute atomic E-state index is 12.7. The number of halogens is 1. The van der Waals surface area contributed by atoms with E-state index in [1.165, 1.54) is 24.3 Å². The minimum absolute atomic E-state index is 0.324. The van der Waals surface area contributed by atoms with Crippen molar-refractivity contribution in [2.45, 2.75) is 20.0 Å². The molecule has 0 saturated carbocycles. The molecule has 5 nitrogen and oxygen atoms in total. The number of benzene rings is 1. The molecule has 0 saturated heterocycles. The number of carbonyl (C=O) groups is 1. The van der Waals surface area contributed by atoms with E-state index in [-0.39, 0.29) is 11.7 Å². The summed E-state index contributed by atoms with van der Waals surface area (Å²) in [7, 11) is 0. The van der Waals surface area contributed by atoms with Crippen LogP contribution in [0.2, 0.25) is 0 Å². The number of thiocarbonyl (C=S) groups is 1. The second-order valence-corrected chi connectivity index (χ2v) is 4.10. The van der Waals surface area contributed by atoms with E-state index in [9.17, 15) is 9.18 Å². The average molecular weight is 285 g/mol. The van der Waals surface area contributed by atoms with E-state index < -0.39 is 6.10 Å². The molecule has 0 aliphatic carbocycles. The number of hydrazine groups is 1. The SMILES string of the molecule is CCNC(=S)NNC(=O)[C@@H](C)Oc1ccc(F)cc1. The molecule has 1 rings (SSSR count). The van der Waals surface area contributed by atoms with Crippen molar-refractivity contribution in [3.05, 3.63) is 30.1 Å². The molecule has 0 aliphatic rings. The Morgan fingerprint density at radius 2 is 2.00 bits per heavy atom. The number of amides is 1. The Morgan fingerprint density at radius 3 is 2.58 bits per heavy atom. The predicted molar refractivity (Wildman–Crippen MR) is 74.0 cm³/mol. The molecule has 1 aromatic rings. The molecular weight excluding hydrogens is 269 g/mol. The standard InChI is InChI=1S/C12H16FN3O2S/c1-3-14-12(19)16-15-11(17)8(2)18-10-6-4-9(13)5-7-10/h4-8H,3H2,1-2H3,(H,15,17)(H2,14,16,19)/t8-/m1/s1. The fraction of sp³-hybridized carbons (Fsp3) is 0.333. The van der Waals surface area contributed by atoms with Crippen LogP contribution in [0.4, 0.5) is 4.39 Å². The Kier molecular flexibility index (Phi) is 6.01. The first kappa shape index (κ1) is 15.2. The highest BCUT2D eigenvalue weighted by molar-refractivity contribution is 7.80. The highest BCUT2D eigenvalue weighted by atomic mass is 32.1. The van der Waals surface area contributed by atoms with Crippen molar-refractivity contribution in [2.24, 2.45) is 0 Å². The third-order valence-corrected chi connectivity index (χ3v) is 2.38. The second kappa shape index (κ2) is 7.52. The molecule has 1 aromatic carbocycles. The third kappa shape index (κ3) is 5.52. The van der Waals surface area contributed by atoms with Gasteiger partial charge in [0.05, 0.1) is 0 Å². The summed E-state index contributed by atoms with van der Waals surface area (Å²) in [4.78, 5) is 11.7. The molecule has 3 N–H and O–H groups in total. The zero-order valence-corrected chi connectivity index (χ0v) is 11.5. The number of hydrogen-bond acceptors (Lipinski definition) is 3. The quantitative estimate of drug-likeness (QED) is 0.571. The number of nitrogens with one attached hydrogen (secondary N) is 3. The first-order valence-corrected chi connectivity index (χ1v) is 6.19. The molecule has 0 spiro atoms. The van der Waals surface area contributed by atoms with Crippen LogP contribution in [-0.2, 0) is 4.79 Å². The average Bonchev–Trinajstić information content (AvgIpc) is 2.39. The first-order valence-electron chi connectivity index (χ1n) is 5.79. The second-order valence-electron chi connectivity index (χ2n) is 3.69. The van der Waals surface area contributed by atoms with Crippen molar-refractivity contribution >= 4 is 23.2 Å². The van der Waals surface area contributed by atoms with Crippen LogP contribution in [0, 0.1) is 5.82 Å². The summed E-state index contributed by atoms with van der Waals surface area (Å²) in [6.45, 7) is 4.12. The van der Waals surface area contributed by atoms with Crippen molar-refractivity contribution in [1.29, 1.82) is 0 Å². The monoisotopic (exact) mass is 285 g/mol. The number of rotatable bonds is 4. The van der Waals surface area contributed by atoms with Crippen LogP contribution >= 0.6 is 12.2 Å². The summed E-state index contributed by atoms with van der Waals surface area (Å²) in [6.07, 6.45) is -0.734. The summed E-state index contributed by atoms with van der Waals surface area (Å²) in [6, 6.07) is 5.43. The van der Waals surface area contributed by atoms with E-state index >= 15 is 0 Å². The lowest BCUT2D eigenvalue weighted by molar-refractivity contribution is -0.127. The van der Waals surface area contributed by atoms with Crippen molar-refractivity contribution in [3.8, 4) is 5.75 Å². The molecule has 0 unspecified atom stereocenters.